The second kappa shape index (κ2) is 4.97. The summed E-state index contributed by atoms with van der Waals surface area (Å²) < 4.78 is 1.86. The summed E-state index contributed by atoms with van der Waals surface area (Å²) in [6, 6.07) is 4.15. The van der Waals surface area contributed by atoms with Crippen molar-refractivity contribution in [2.45, 2.75) is 13.1 Å². The summed E-state index contributed by atoms with van der Waals surface area (Å²) in [6.45, 7) is 1.29. The maximum absolute atomic E-state index is 5.32. The van der Waals surface area contributed by atoms with E-state index in [1.54, 1.807) is 11.3 Å². The molecule has 2 aromatic heterocycles. The molecule has 2 aromatic rings. The van der Waals surface area contributed by atoms with Crippen LogP contribution in [0, 0.1) is 12.3 Å². The topological polar surface area (TPSA) is 29.9 Å². The Morgan fingerprint density at radius 2 is 2.50 bits per heavy atom. The van der Waals surface area contributed by atoms with Crippen molar-refractivity contribution in [1.82, 2.24) is 15.1 Å². The van der Waals surface area contributed by atoms with Crippen LogP contribution in [-0.4, -0.2) is 16.8 Å². The first kappa shape index (κ1) is 10.9. The number of nitrogens with one attached hydrogen (secondary N) is 1. The van der Waals surface area contributed by atoms with Crippen molar-refractivity contribution in [1.29, 1.82) is 0 Å². The van der Waals surface area contributed by atoms with Crippen LogP contribution in [-0.2, 0) is 13.1 Å². The molecule has 3 nitrogen and oxygen atoms in total. The lowest BCUT2D eigenvalue weighted by atomic mass is 10.2. The van der Waals surface area contributed by atoms with Gasteiger partial charge in [0.15, 0.2) is 0 Å². The highest BCUT2D eigenvalue weighted by Gasteiger charge is 2.08. The molecule has 0 fully saturated rings. The Labute approximate surface area is 99.1 Å². The number of hydrogen-bond donors (Lipinski definition) is 1. The highest BCUT2D eigenvalue weighted by Crippen LogP contribution is 2.21. The van der Waals surface area contributed by atoms with E-state index in [9.17, 15) is 0 Å². The zero-order valence-electron chi connectivity index (χ0n) is 9.10. The summed E-state index contributed by atoms with van der Waals surface area (Å²) in [7, 11) is 1.91. The van der Waals surface area contributed by atoms with Gasteiger partial charge in [-0.1, -0.05) is 5.92 Å². The van der Waals surface area contributed by atoms with E-state index in [2.05, 4.69) is 33.8 Å². The summed E-state index contributed by atoms with van der Waals surface area (Å²) in [5.74, 6) is 2.62. The van der Waals surface area contributed by atoms with Gasteiger partial charge in [-0.05, 0) is 24.6 Å². The third-order valence-corrected chi connectivity index (χ3v) is 2.96. The summed E-state index contributed by atoms with van der Waals surface area (Å²) in [6.07, 6.45) is 5.32. The lowest BCUT2D eigenvalue weighted by Gasteiger charge is -2.01. The predicted octanol–water partition coefficient (Wildman–Crippen LogP) is 1.96. The minimum absolute atomic E-state index is 0.515. The number of nitrogens with zero attached hydrogens (tertiary/aromatic N) is 2. The Morgan fingerprint density at radius 1 is 1.62 bits per heavy atom. The van der Waals surface area contributed by atoms with Crippen molar-refractivity contribution in [3.63, 3.8) is 0 Å². The van der Waals surface area contributed by atoms with Gasteiger partial charge >= 0.3 is 0 Å². The molecule has 4 heteroatoms. The van der Waals surface area contributed by atoms with Gasteiger partial charge in [-0.25, -0.2) is 0 Å². The molecule has 0 amide bonds. The fourth-order valence-electron chi connectivity index (χ4n) is 1.55. The second-order valence-corrected chi connectivity index (χ2v) is 4.21. The van der Waals surface area contributed by atoms with Crippen LogP contribution in [0.2, 0.25) is 0 Å². The van der Waals surface area contributed by atoms with Gasteiger partial charge in [-0.3, -0.25) is 4.68 Å². The Morgan fingerprint density at radius 3 is 3.12 bits per heavy atom. The number of thiophene rings is 1. The molecule has 0 aliphatic rings. The average molecular weight is 231 g/mol. The molecule has 0 radical (unpaired) electrons. The SMILES string of the molecule is C#CCn1nc(-c2ccsc2)cc1CNC. The third kappa shape index (κ3) is 2.16. The van der Waals surface area contributed by atoms with Gasteiger partial charge in [0.05, 0.1) is 11.4 Å². The average Bonchev–Trinajstić information content (AvgIpc) is 2.89. The molecule has 0 aromatic carbocycles. The minimum atomic E-state index is 0.515. The zero-order valence-corrected chi connectivity index (χ0v) is 9.92. The number of terminal acetylenes is 1. The van der Waals surface area contributed by atoms with Gasteiger partial charge in [-0.2, -0.15) is 16.4 Å². The molecular formula is C12H13N3S. The molecule has 82 valence electrons. The van der Waals surface area contributed by atoms with Crippen molar-refractivity contribution in [3.8, 4) is 23.6 Å². The lowest BCUT2D eigenvalue weighted by molar-refractivity contribution is 0.642. The fourth-order valence-corrected chi connectivity index (χ4v) is 2.20. The van der Waals surface area contributed by atoms with Gasteiger partial charge in [-0.15, -0.1) is 6.42 Å². The number of aromatic nitrogens is 2. The Balaban J connectivity index is 2.35. The van der Waals surface area contributed by atoms with E-state index in [0.29, 0.717) is 6.54 Å². The van der Waals surface area contributed by atoms with Gasteiger partial charge in [0.1, 0.15) is 6.54 Å². The summed E-state index contributed by atoms with van der Waals surface area (Å²) >= 11 is 1.67. The highest BCUT2D eigenvalue weighted by molar-refractivity contribution is 7.08. The molecule has 0 atom stereocenters. The summed E-state index contributed by atoms with van der Waals surface area (Å²) in [5, 5.41) is 11.8. The molecule has 1 N–H and O–H groups in total. The van der Waals surface area contributed by atoms with Crippen molar-refractivity contribution in [2.24, 2.45) is 0 Å². The van der Waals surface area contributed by atoms with E-state index in [-0.39, 0.29) is 0 Å². The predicted molar refractivity (Wildman–Crippen MR) is 67.1 cm³/mol. The van der Waals surface area contributed by atoms with Crippen LogP contribution >= 0.6 is 11.3 Å². The molecule has 0 saturated heterocycles. The van der Waals surface area contributed by atoms with E-state index >= 15 is 0 Å². The van der Waals surface area contributed by atoms with Gasteiger partial charge in [0, 0.05) is 17.5 Å². The molecule has 2 heterocycles. The summed E-state index contributed by atoms with van der Waals surface area (Å²) in [4.78, 5) is 0. The molecule has 0 unspecified atom stereocenters. The monoisotopic (exact) mass is 231 g/mol. The molecule has 2 rings (SSSR count). The van der Waals surface area contributed by atoms with Crippen molar-refractivity contribution in [2.75, 3.05) is 7.05 Å². The normalized spacial score (nSPS) is 10.2. The maximum atomic E-state index is 5.32. The van der Waals surface area contributed by atoms with E-state index in [0.717, 1.165) is 23.5 Å². The maximum Gasteiger partial charge on any atom is 0.102 e. The quantitative estimate of drug-likeness (QED) is 0.815. The van der Waals surface area contributed by atoms with Crippen LogP contribution in [0.15, 0.2) is 22.9 Å². The number of hydrogen-bond acceptors (Lipinski definition) is 3. The Hall–Kier alpha value is -1.57. The Bertz CT molecular complexity index is 491. The lowest BCUT2D eigenvalue weighted by Crippen LogP contribution is -2.11. The fraction of sp³-hybridized carbons (Fsp3) is 0.250. The summed E-state index contributed by atoms with van der Waals surface area (Å²) in [5.41, 5.74) is 3.25. The van der Waals surface area contributed by atoms with E-state index in [1.807, 2.05) is 17.1 Å². The van der Waals surface area contributed by atoms with Crippen LogP contribution in [0.4, 0.5) is 0 Å². The molecule has 0 aliphatic carbocycles. The molecule has 0 spiro atoms. The molecule has 16 heavy (non-hydrogen) atoms. The zero-order chi connectivity index (χ0) is 11.4. The van der Waals surface area contributed by atoms with Crippen LogP contribution in [0.25, 0.3) is 11.3 Å². The first-order valence-electron chi connectivity index (χ1n) is 5.02. The molecule has 0 aliphatic heterocycles. The van der Waals surface area contributed by atoms with Gasteiger partial charge in [0.25, 0.3) is 0 Å². The first-order chi connectivity index (χ1) is 7.85. The van der Waals surface area contributed by atoms with Gasteiger partial charge in [0.2, 0.25) is 0 Å². The van der Waals surface area contributed by atoms with Gasteiger partial charge < -0.3 is 5.32 Å². The number of rotatable bonds is 4. The molecule has 0 saturated carbocycles. The van der Waals surface area contributed by atoms with Crippen LogP contribution in [0.5, 0.6) is 0 Å². The Kier molecular flexibility index (Phi) is 3.40. The van der Waals surface area contributed by atoms with Crippen LogP contribution in [0.1, 0.15) is 5.69 Å². The first-order valence-corrected chi connectivity index (χ1v) is 5.97. The highest BCUT2D eigenvalue weighted by atomic mass is 32.1. The minimum Gasteiger partial charge on any atom is -0.314 e. The molecule has 0 bridgehead atoms. The van der Waals surface area contributed by atoms with Crippen LogP contribution in [0.3, 0.4) is 0 Å². The van der Waals surface area contributed by atoms with Crippen molar-refractivity contribution >= 4 is 11.3 Å². The van der Waals surface area contributed by atoms with E-state index in [4.69, 9.17) is 6.42 Å². The van der Waals surface area contributed by atoms with Crippen molar-refractivity contribution < 1.29 is 0 Å². The smallest absolute Gasteiger partial charge is 0.102 e. The largest absolute Gasteiger partial charge is 0.314 e. The van der Waals surface area contributed by atoms with E-state index < -0.39 is 0 Å². The van der Waals surface area contributed by atoms with E-state index in [1.165, 1.54) is 0 Å². The standard InChI is InChI=1S/C12H13N3S/c1-3-5-15-11(8-13-2)7-12(14-15)10-4-6-16-9-10/h1,4,6-7,9,13H,5,8H2,2H3. The molecular weight excluding hydrogens is 218 g/mol. The third-order valence-electron chi connectivity index (χ3n) is 2.28. The van der Waals surface area contributed by atoms with Crippen LogP contribution < -0.4 is 5.32 Å². The second-order valence-electron chi connectivity index (χ2n) is 3.43. The van der Waals surface area contributed by atoms with Crippen molar-refractivity contribution in [3.05, 3.63) is 28.6 Å².